The van der Waals surface area contributed by atoms with E-state index in [-0.39, 0.29) is 5.69 Å². The average molecular weight is 251 g/mol. The third kappa shape index (κ3) is 3.13. The van der Waals surface area contributed by atoms with Gasteiger partial charge in [0.1, 0.15) is 6.07 Å². The summed E-state index contributed by atoms with van der Waals surface area (Å²) < 4.78 is 0. The van der Waals surface area contributed by atoms with Crippen molar-refractivity contribution in [2.75, 3.05) is 14.1 Å². The van der Waals surface area contributed by atoms with Gasteiger partial charge in [0, 0.05) is 19.7 Å². The molecule has 0 unspecified atom stereocenters. The molecule has 0 spiro atoms. The highest BCUT2D eigenvalue weighted by molar-refractivity contribution is 5.64. The van der Waals surface area contributed by atoms with Gasteiger partial charge in [-0.3, -0.25) is 0 Å². The molecule has 0 radical (unpaired) electrons. The highest BCUT2D eigenvalue weighted by Gasteiger charge is 2.07. The lowest BCUT2D eigenvalue weighted by Crippen LogP contribution is -2.07. The Morgan fingerprint density at radius 2 is 2.00 bits per heavy atom. The summed E-state index contributed by atoms with van der Waals surface area (Å²) in [5.74, 6) is 0.330. The molecule has 0 atom stereocenters. The van der Waals surface area contributed by atoms with E-state index in [2.05, 4.69) is 15.0 Å². The van der Waals surface area contributed by atoms with Crippen LogP contribution in [-0.2, 0) is 0 Å². The van der Waals surface area contributed by atoms with Gasteiger partial charge in [-0.05, 0) is 0 Å². The van der Waals surface area contributed by atoms with E-state index in [4.69, 9.17) is 5.26 Å². The Balaban J connectivity index is 2.40. The van der Waals surface area contributed by atoms with Crippen molar-refractivity contribution in [3.05, 3.63) is 42.2 Å². The van der Waals surface area contributed by atoms with Gasteiger partial charge in [0.05, 0.1) is 18.2 Å². The van der Waals surface area contributed by atoms with E-state index < -0.39 is 0 Å². The smallest absolute Gasteiger partial charge is 0.190 e. The fourth-order valence-electron chi connectivity index (χ4n) is 1.47. The van der Waals surface area contributed by atoms with Crippen molar-refractivity contribution in [1.82, 2.24) is 14.9 Å². The molecule has 0 aliphatic heterocycles. The van der Waals surface area contributed by atoms with Crippen molar-refractivity contribution < 1.29 is 0 Å². The molecular formula is C14H13N5. The minimum Gasteiger partial charge on any atom is -0.369 e. The van der Waals surface area contributed by atoms with E-state index in [1.807, 2.05) is 50.5 Å². The van der Waals surface area contributed by atoms with Gasteiger partial charge in [0.25, 0.3) is 0 Å². The zero-order chi connectivity index (χ0) is 13.7. The van der Waals surface area contributed by atoms with Crippen molar-refractivity contribution in [3.8, 4) is 17.3 Å². The van der Waals surface area contributed by atoms with E-state index in [9.17, 15) is 0 Å². The van der Waals surface area contributed by atoms with Crippen LogP contribution >= 0.6 is 0 Å². The number of hydrogen-bond acceptors (Lipinski definition) is 4. The maximum absolute atomic E-state index is 9.12. The molecular weight excluding hydrogens is 238 g/mol. The van der Waals surface area contributed by atoms with Gasteiger partial charge >= 0.3 is 0 Å². The Morgan fingerprint density at radius 1 is 1.26 bits per heavy atom. The first-order valence-corrected chi connectivity index (χ1v) is 5.74. The zero-order valence-electron chi connectivity index (χ0n) is 10.8. The van der Waals surface area contributed by atoms with E-state index in [0.29, 0.717) is 11.5 Å². The molecule has 0 saturated carbocycles. The van der Waals surface area contributed by atoms with Crippen LogP contribution in [0.2, 0.25) is 0 Å². The molecule has 0 N–H and O–H groups in total. The fourth-order valence-corrected chi connectivity index (χ4v) is 1.47. The van der Waals surface area contributed by atoms with E-state index in [1.54, 1.807) is 17.4 Å². The van der Waals surface area contributed by atoms with Crippen molar-refractivity contribution >= 4 is 12.2 Å². The van der Waals surface area contributed by atoms with Crippen LogP contribution in [0, 0.1) is 11.3 Å². The topological polar surface area (TPSA) is 65.2 Å². The molecule has 0 aliphatic rings. The molecule has 1 aromatic carbocycles. The predicted molar refractivity (Wildman–Crippen MR) is 74.0 cm³/mol. The maximum Gasteiger partial charge on any atom is 0.190 e. The first kappa shape index (κ1) is 12.7. The first-order chi connectivity index (χ1) is 9.20. The summed E-state index contributed by atoms with van der Waals surface area (Å²) in [6.07, 6.45) is 3.21. The van der Waals surface area contributed by atoms with Crippen LogP contribution in [0.25, 0.3) is 11.3 Å². The molecule has 1 aromatic heterocycles. The van der Waals surface area contributed by atoms with Crippen molar-refractivity contribution in [3.63, 3.8) is 0 Å². The molecule has 0 bridgehead atoms. The molecule has 0 amide bonds. The number of hydrogen-bond donors (Lipinski definition) is 0. The van der Waals surface area contributed by atoms with Gasteiger partial charge < -0.3 is 4.90 Å². The molecule has 5 heteroatoms. The van der Waals surface area contributed by atoms with Crippen molar-refractivity contribution in [1.29, 1.82) is 5.26 Å². The Hall–Kier alpha value is -2.74. The first-order valence-electron chi connectivity index (χ1n) is 5.74. The second kappa shape index (κ2) is 5.74. The number of aromatic nitrogens is 2. The van der Waals surface area contributed by atoms with Gasteiger partial charge in [-0.25, -0.2) is 15.0 Å². The molecule has 5 nitrogen and oxygen atoms in total. The Kier molecular flexibility index (Phi) is 3.84. The van der Waals surface area contributed by atoms with E-state index in [0.717, 1.165) is 5.56 Å². The summed E-state index contributed by atoms with van der Waals surface area (Å²) in [5.41, 5.74) is 1.81. The van der Waals surface area contributed by atoms with Crippen LogP contribution in [0.1, 0.15) is 5.69 Å². The summed E-state index contributed by atoms with van der Waals surface area (Å²) >= 11 is 0. The number of aliphatic imine (C=N–C) groups is 1. The number of nitrogens with zero attached hydrogens (tertiary/aromatic N) is 5. The van der Waals surface area contributed by atoms with Gasteiger partial charge in [-0.2, -0.15) is 5.26 Å². The lowest BCUT2D eigenvalue weighted by atomic mass is 10.1. The van der Waals surface area contributed by atoms with Crippen molar-refractivity contribution in [2.45, 2.75) is 0 Å². The molecule has 2 rings (SSSR count). The second-order valence-corrected chi connectivity index (χ2v) is 4.11. The van der Waals surface area contributed by atoms with Crippen molar-refractivity contribution in [2.24, 2.45) is 4.99 Å². The number of benzene rings is 1. The van der Waals surface area contributed by atoms with E-state index >= 15 is 0 Å². The quantitative estimate of drug-likeness (QED) is 0.620. The van der Waals surface area contributed by atoms with E-state index in [1.165, 1.54) is 0 Å². The Bertz CT molecular complexity index is 626. The van der Waals surface area contributed by atoms with Gasteiger partial charge in [0.2, 0.25) is 0 Å². The SMILES string of the molecule is CN(C)/C=N/c1ncc(-c2ccccc2)nc1C#N. The predicted octanol–water partition coefficient (Wildman–Crippen LogP) is 2.24. The third-order valence-corrected chi connectivity index (χ3v) is 2.34. The summed E-state index contributed by atoms with van der Waals surface area (Å²) in [6.45, 7) is 0. The van der Waals surface area contributed by atoms with Crippen LogP contribution in [0.3, 0.4) is 0 Å². The number of nitriles is 1. The highest BCUT2D eigenvalue weighted by atomic mass is 15.1. The van der Waals surface area contributed by atoms with Gasteiger partial charge in [0.15, 0.2) is 11.5 Å². The monoisotopic (exact) mass is 251 g/mol. The molecule has 94 valence electrons. The summed E-state index contributed by atoms with van der Waals surface area (Å²) in [4.78, 5) is 14.4. The second-order valence-electron chi connectivity index (χ2n) is 4.11. The average Bonchev–Trinajstić information content (AvgIpc) is 2.45. The standard InChI is InChI=1S/C14H13N5/c1-19(2)10-17-14-12(8-15)18-13(9-16-14)11-6-4-3-5-7-11/h3-7,9-10H,1-2H3/b17-10+. The minimum absolute atomic E-state index is 0.222. The van der Waals surface area contributed by atoms with Crippen LogP contribution in [0.15, 0.2) is 41.5 Å². The molecule has 19 heavy (non-hydrogen) atoms. The van der Waals surface area contributed by atoms with Crippen LogP contribution in [0.5, 0.6) is 0 Å². The molecule has 2 aromatic rings. The Labute approximate surface area is 111 Å². The summed E-state index contributed by atoms with van der Waals surface area (Å²) in [5, 5.41) is 9.12. The fraction of sp³-hybridized carbons (Fsp3) is 0.143. The third-order valence-electron chi connectivity index (χ3n) is 2.34. The molecule has 1 heterocycles. The molecule has 0 saturated heterocycles. The molecule has 0 fully saturated rings. The summed E-state index contributed by atoms with van der Waals surface area (Å²) in [6, 6.07) is 11.6. The Morgan fingerprint density at radius 3 is 2.63 bits per heavy atom. The normalized spacial score (nSPS) is 10.4. The minimum atomic E-state index is 0.222. The van der Waals surface area contributed by atoms with Gasteiger partial charge in [-0.1, -0.05) is 30.3 Å². The van der Waals surface area contributed by atoms with Gasteiger partial charge in [-0.15, -0.1) is 0 Å². The summed E-state index contributed by atoms with van der Waals surface area (Å²) in [7, 11) is 3.70. The largest absolute Gasteiger partial charge is 0.369 e. The maximum atomic E-state index is 9.12. The lowest BCUT2D eigenvalue weighted by molar-refractivity contribution is 0.643. The van der Waals surface area contributed by atoms with Crippen LogP contribution < -0.4 is 0 Å². The lowest BCUT2D eigenvalue weighted by Gasteiger charge is -2.04. The van der Waals surface area contributed by atoms with Crippen LogP contribution in [-0.4, -0.2) is 35.3 Å². The van der Waals surface area contributed by atoms with Crippen LogP contribution in [0.4, 0.5) is 5.82 Å². The zero-order valence-corrected chi connectivity index (χ0v) is 10.8. The highest BCUT2D eigenvalue weighted by Crippen LogP contribution is 2.20. The number of rotatable bonds is 3. The molecule has 0 aliphatic carbocycles.